The molecule has 26 heavy (non-hydrogen) atoms. The maximum atomic E-state index is 13.3. The Morgan fingerprint density at radius 1 is 1.15 bits per heavy atom. The van der Waals surface area contributed by atoms with E-state index in [-0.39, 0.29) is 17.9 Å². The van der Waals surface area contributed by atoms with Gasteiger partial charge in [0.1, 0.15) is 5.54 Å². The number of benzene rings is 1. The van der Waals surface area contributed by atoms with Gasteiger partial charge in [0.2, 0.25) is 5.91 Å². The molecule has 1 atom stereocenters. The Kier molecular flexibility index (Phi) is 6.00. The first-order valence-corrected chi connectivity index (χ1v) is 10.3. The molecule has 1 aliphatic carbocycles. The standard InChI is InChI=1S/C22H32N2O2/c1-3-15-24-20(25)19-14-10-9-11-17(19)16-22(24,2)21(26)23-18-12-7-5-4-6-8-13-18/h9-11,14,18H,3-8,12-13,15-16H2,1-2H3,(H,23,26)/t22-/m1/s1. The van der Waals surface area contributed by atoms with Crippen LogP contribution in [0.25, 0.3) is 0 Å². The molecule has 2 aliphatic rings. The summed E-state index contributed by atoms with van der Waals surface area (Å²) in [6.07, 6.45) is 9.75. The van der Waals surface area contributed by atoms with Crippen molar-refractivity contribution in [3.05, 3.63) is 35.4 Å². The summed E-state index contributed by atoms with van der Waals surface area (Å²) in [7, 11) is 0. The van der Waals surface area contributed by atoms with Crippen molar-refractivity contribution in [3.63, 3.8) is 0 Å². The number of fused-ring (bicyclic) bond motifs is 1. The van der Waals surface area contributed by atoms with Crippen molar-refractivity contribution in [2.75, 3.05) is 6.54 Å². The molecule has 0 bridgehead atoms. The average molecular weight is 357 g/mol. The van der Waals surface area contributed by atoms with Crippen molar-refractivity contribution in [1.29, 1.82) is 0 Å². The Balaban J connectivity index is 1.82. The normalized spacial score (nSPS) is 24.5. The summed E-state index contributed by atoms with van der Waals surface area (Å²) < 4.78 is 0. The number of amides is 2. The third-order valence-electron chi connectivity index (χ3n) is 6.00. The summed E-state index contributed by atoms with van der Waals surface area (Å²) in [6, 6.07) is 7.97. The topological polar surface area (TPSA) is 49.4 Å². The first kappa shape index (κ1) is 18.9. The van der Waals surface area contributed by atoms with Gasteiger partial charge in [0.25, 0.3) is 5.91 Å². The molecule has 1 aliphatic heterocycles. The van der Waals surface area contributed by atoms with Crippen LogP contribution < -0.4 is 5.32 Å². The highest BCUT2D eigenvalue weighted by molar-refractivity contribution is 6.02. The van der Waals surface area contributed by atoms with Gasteiger partial charge in [0.05, 0.1) is 0 Å². The molecule has 1 N–H and O–H groups in total. The lowest BCUT2D eigenvalue weighted by atomic mass is 9.82. The number of hydrogen-bond acceptors (Lipinski definition) is 2. The molecule has 0 spiro atoms. The Hall–Kier alpha value is -1.84. The maximum Gasteiger partial charge on any atom is 0.255 e. The van der Waals surface area contributed by atoms with Gasteiger partial charge in [-0.15, -0.1) is 0 Å². The fourth-order valence-corrected chi connectivity index (χ4v) is 4.44. The van der Waals surface area contributed by atoms with E-state index < -0.39 is 5.54 Å². The summed E-state index contributed by atoms with van der Waals surface area (Å²) >= 11 is 0. The first-order chi connectivity index (χ1) is 12.6. The van der Waals surface area contributed by atoms with Gasteiger partial charge >= 0.3 is 0 Å². The number of carbonyl (C=O) groups is 2. The maximum absolute atomic E-state index is 13.3. The van der Waals surface area contributed by atoms with Crippen LogP contribution in [0.15, 0.2) is 24.3 Å². The molecule has 4 heteroatoms. The van der Waals surface area contributed by atoms with Gasteiger partial charge in [-0.25, -0.2) is 0 Å². The molecule has 2 amide bonds. The van der Waals surface area contributed by atoms with E-state index >= 15 is 0 Å². The summed E-state index contributed by atoms with van der Waals surface area (Å²) in [5, 5.41) is 3.30. The van der Waals surface area contributed by atoms with Crippen molar-refractivity contribution >= 4 is 11.8 Å². The van der Waals surface area contributed by atoms with Gasteiger partial charge in [-0.3, -0.25) is 9.59 Å². The van der Waals surface area contributed by atoms with Crippen molar-refractivity contribution in [1.82, 2.24) is 10.2 Å². The molecule has 0 unspecified atom stereocenters. The van der Waals surface area contributed by atoms with Gasteiger partial charge in [0.15, 0.2) is 0 Å². The Labute approximate surface area is 157 Å². The Morgan fingerprint density at radius 3 is 2.50 bits per heavy atom. The molecule has 1 saturated carbocycles. The highest BCUT2D eigenvalue weighted by Crippen LogP contribution is 2.32. The fraction of sp³-hybridized carbons (Fsp3) is 0.636. The van der Waals surface area contributed by atoms with E-state index in [1.165, 1.54) is 32.1 Å². The van der Waals surface area contributed by atoms with Crippen molar-refractivity contribution in [2.45, 2.75) is 83.2 Å². The minimum absolute atomic E-state index is 0.0102. The molecule has 1 heterocycles. The van der Waals surface area contributed by atoms with Gasteiger partial charge in [-0.05, 0) is 37.8 Å². The van der Waals surface area contributed by atoms with Gasteiger partial charge in [0, 0.05) is 24.6 Å². The minimum atomic E-state index is -0.802. The van der Waals surface area contributed by atoms with Crippen molar-refractivity contribution in [3.8, 4) is 0 Å². The molecule has 0 radical (unpaired) electrons. The number of nitrogens with zero attached hydrogens (tertiary/aromatic N) is 1. The first-order valence-electron chi connectivity index (χ1n) is 10.3. The van der Waals surface area contributed by atoms with Crippen LogP contribution >= 0.6 is 0 Å². The van der Waals surface area contributed by atoms with E-state index in [2.05, 4.69) is 12.2 Å². The van der Waals surface area contributed by atoms with Gasteiger partial charge in [-0.1, -0.05) is 57.2 Å². The number of rotatable bonds is 4. The van der Waals surface area contributed by atoms with E-state index in [1.807, 2.05) is 31.2 Å². The summed E-state index contributed by atoms with van der Waals surface area (Å²) in [4.78, 5) is 28.2. The number of nitrogens with one attached hydrogen (secondary N) is 1. The lowest BCUT2D eigenvalue weighted by Gasteiger charge is -2.44. The molecule has 0 saturated heterocycles. The Morgan fingerprint density at radius 2 is 1.81 bits per heavy atom. The van der Waals surface area contributed by atoms with Crippen LogP contribution in [0.5, 0.6) is 0 Å². The molecular formula is C22H32N2O2. The van der Waals surface area contributed by atoms with Crippen LogP contribution in [-0.2, 0) is 11.2 Å². The molecular weight excluding hydrogens is 324 g/mol. The summed E-state index contributed by atoms with van der Waals surface area (Å²) in [5.74, 6) is 0.00314. The zero-order valence-corrected chi connectivity index (χ0v) is 16.2. The third kappa shape index (κ3) is 3.79. The van der Waals surface area contributed by atoms with Gasteiger partial charge < -0.3 is 10.2 Å². The van der Waals surface area contributed by atoms with Gasteiger partial charge in [-0.2, -0.15) is 0 Å². The highest BCUT2D eigenvalue weighted by Gasteiger charge is 2.46. The van der Waals surface area contributed by atoms with Crippen LogP contribution in [0.2, 0.25) is 0 Å². The lowest BCUT2D eigenvalue weighted by Crippen LogP contribution is -2.63. The molecule has 0 aromatic heterocycles. The van der Waals surface area contributed by atoms with Crippen LogP contribution in [0.3, 0.4) is 0 Å². The summed E-state index contributed by atoms with van der Waals surface area (Å²) in [6.45, 7) is 4.61. The molecule has 3 rings (SSSR count). The minimum Gasteiger partial charge on any atom is -0.351 e. The summed E-state index contributed by atoms with van der Waals surface area (Å²) in [5.41, 5.74) is 0.932. The smallest absolute Gasteiger partial charge is 0.255 e. The highest BCUT2D eigenvalue weighted by atomic mass is 16.2. The van der Waals surface area contributed by atoms with E-state index in [4.69, 9.17) is 0 Å². The predicted molar refractivity (Wildman–Crippen MR) is 104 cm³/mol. The second kappa shape index (κ2) is 8.24. The molecule has 4 nitrogen and oxygen atoms in total. The van der Waals surface area contributed by atoms with E-state index in [1.54, 1.807) is 4.90 Å². The van der Waals surface area contributed by atoms with Crippen LogP contribution in [0, 0.1) is 0 Å². The average Bonchev–Trinajstić information content (AvgIpc) is 2.60. The third-order valence-corrected chi connectivity index (χ3v) is 6.00. The largest absolute Gasteiger partial charge is 0.351 e. The number of hydrogen-bond donors (Lipinski definition) is 1. The Bertz CT molecular complexity index is 649. The predicted octanol–water partition coefficient (Wildman–Crippen LogP) is 4.08. The second-order valence-electron chi connectivity index (χ2n) is 8.08. The van der Waals surface area contributed by atoms with E-state index in [0.717, 1.165) is 30.4 Å². The van der Waals surface area contributed by atoms with Crippen molar-refractivity contribution < 1.29 is 9.59 Å². The molecule has 1 aromatic carbocycles. The van der Waals surface area contributed by atoms with Crippen LogP contribution in [-0.4, -0.2) is 34.8 Å². The molecule has 1 aromatic rings. The molecule has 142 valence electrons. The molecule has 1 fully saturated rings. The lowest BCUT2D eigenvalue weighted by molar-refractivity contribution is -0.132. The van der Waals surface area contributed by atoms with Crippen LogP contribution in [0.1, 0.15) is 81.1 Å². The SMILES string of the molecule is CCCN1C(=O)c2ccccc2C[C@]1(C)C(=O)NC1CCCCCCC1. The monoisotopic (exact) mass is 356 g/mol. The zero-order chi connectivity index (χ0) is 18.6. The fourth-order valence-electron chi connectivity index (χ4n) is 4.44. The second-order valence-corrected chi connectivity index (χ2v) is 8.08. The zero-order valence-electron chi connectivity index (χ0n) is 16.2. The quantitative estimate of drug-likeness (QED) is 0.883. The van der Waals surface area contributed by atoms with E-state index in [0.29, 0.717) is 13.0 Å². The van der Waals surface area contributed by atoms with Crippen molar-refractivity contribution in [2.24, 2.45) is 0 Å². The number of carbonyl (C=O) groups excluding carboxylic acids is 2. The van der Waals surface area contributed by atoms with E-state index in [9.17, 15) is 9.59 Å². The van der Waals surface area contributed by atoms with Crippen LogP contribution in [0.4, 0.5) is 0 Å².